The summed E-state index contributed by atoms with van der Waals surface area (Å²) < 4.78 is 5.09. The summed E-state index contributed by atoms with van der Waals surface area (Å²) in [5, 5.41) is 2.95. The van der Waals surface area contributed by atoms with E-state index in [4.69, 9.17) is 4.74 Å². The zero-order chi connectivity index (χ0) is 14.4. The van der Waals surface area contributed by atoms with E-state index in [0.29, 0.717) is 12.6 Å². The number of nitrogens with one attached hydrogen (secondary N) is 3. The Morgan fingerprint density at radius 2 is 2.30 bits per heavy atom. The molecule has 0 bridgehead atoms. The van der Waals surface area contributed by atoms with E-state index in [1.165, 1.54) is 0 Å². The monoisotopic (exact) mass is 277 g/mol. The van der Waals surface area contributed by atoms with Crippen molar-refractivity contribution in [1.29, 1.82) is 0 Å². The molecule has 0 aromatic heterocycles. The second-order valence-electron chi connectivity index (χ2n) is 5.19. The number of hydrazine groups is 1. The number of carbonyl (C=O) groups excluding carboxylic acids is 1. The second-order valence-corrected chi connectivity index (χ2v) is 5.19. The van der Waals surface area contributed by atoms with Crippen LogP contribution in [-0.2, 0) is 16.1 Å². The van der Waals surface area contributed by atoms with Gasteiger partial charge in [0.05, 0.1) is 6.61 Å². The quantitative estimate of drug-likeness (QED) is 0.742. The van der Waals surface area contributed by atoms with Gasteiger partial charge in [-0.1, -0.05) is 25.5 Å². The topological polar surface area (TPSA) is 62.4 Å². The summed E-state index contributed by atoms with van der Waals surface area (Å²) in [6.07, 6.45) is 3.03. The third kappa shape index (κ3) is 4.03. The first-order chi connectivity index (χ1) is 9.72. The number of hydrogen-bond acceptors (Lipinski definition) is 4. The van der Waals surface area contributed by atoms with E-state index in [1.807, 2.05) is 24.3 Å². The summed E-state index contributed by atoms with van der Waals surface area (Å²) in [7, 11) is 1.66. The maximum atomic E-state index is 12.2. The largest absolute Gasteiger partial charge is 0.380 e. The van der Waals surface area contributed by atoms with Crippen LogP contribution in [-0.4, -0.2) is 25.1 Å². The molecule has 2 rings (SSSR count). The number of carbonyl (C=O) groups is 1. The predicted molar refractivity (Wildman–Crippen MR) is 79.2 cm³/mol. The molecule has 2 unspecified atom stereocenters. The third-order valence-electron chi connectivity index (χ3n) is 3.44. The highest BCUT2D eigenvalue weighted by molar-refractivity contribution is 5.95. The van der Waals surface area contributed by atoms with E-state index in [0.717, 1.165) is 30.5 Å². The van der Waals surface area contributed by atoms with Gasteiger partial charge >= 0.3 is 0 Å². The molecular weight excluding hydrogens is 254 g/mol. The molecule has 5 heteroatoms. The number of benzene rings is 1. The average molecular weight is 277 g/mol. The summed E-state index contributed by atoms with van der Waals surface area (Å²) in [4.78, 5) is 12.2. The molecule has 110 valence electrons. The molecule has 1 aromatic carbocycles. The predicted octanol–water partition coefficient (Wildman–Crippen LogP) is 1.81. The third-order valence-corrected chi connectivity index (χ3v) is 3.44. The Kier molecular flexibility index (Phi) is 5.52. The number of anilines is 1. The normalized spacial score (nSPS) is 21.9. The summed E-state index contributed by atoms with van der Waals surface area (Å²) in [6.45, 7) is 2.70. The fraction of sp³-hybridized carbons (Fsp3) is 0.533. The van der Waals surface area contributed by atoms with Crippen molar-refractivity contribution in [2.75, 3.05) is 12.4 Å². The fourth-order valence-corrected chi connectivity index (χ4v) is 2.47. The lowest BCUT2D eigenvalue weighted by Crippen LogP contribution is -2.40. The van der Waals surface area contributed by atoms with E-state index in [2.05, 4.69) is 23.1 Å². The van der Waals surface area contributed by atoms with Gasteiger partial charge in [0.25, 0.3) is 0 Å². The van der Waals surface area contributed by atoms with Gasteiger partial charge in [-0.3, -0.25) is 10.2 Å². The van der Waals surface area contributed by atoms with Crippen LogP contribution in [0.15, 0.2) is 24.3 Å². The Balaban J connectivity index is 1.90. The second kappa shape index (κ2) is 7.38. The van der Waals surface area contributed by atoms with E-state index in [-0.39, 0.29) is 11.9 Å². The molecule has 5 nitrogen and oxygen atoms in total. The molecular formula is C15H23N3O2. The maximum absolute atomic E-state index is 12.2. The first kappa shape index (κ1) is 15.0. The van der Waals surface area contributed by atoms with Crippen LogP contribution in [0.5, 0.6) is 0 Å². The minimum Gasteiger partial charge on any atom is -0.380 e. The van der Waals surface area contributed by atoms with Crippen molar-refractivity contribution in [3.05, 3.63) is 29.8 Å². The lowest BCUT2D eigenvalue weighted by Gasteiger charge is -2.11. The fourth-order valence-electron chi connectivity index (χ4n) is 2.47. The molecule has 0 saturated carbocycles. The molecule has 3 N–H and O–H groups in total. The van der Waals surface area contributed by atoms with Gasteiger partial charge in [0, 0.05) is 18.8 Å². The highest BCUT2D eigenvalue weighted by atomic mass is 16.5. The van der Waals surface area contributed by atoms with Gasteiger partial charge in [-0.25, -0.2) is 5.43 Å². The average Bonchev–Trinajstić information content (AvgIpc) is 2.89. The summed E-state index contributed by atoms with van der Waals surface area (Å²) in [5.74, 6) is 0.00525. The Morgan fingerprint density at radius 1 is 1.45 bits per heavy atom. The lowest BCUT2D eigenvalue weighted by molar-refractivity contribution is -0.117. The molecule has 1 aromatic rings. The first-order valence-electron chi connectivity index (χ1n) is 7.12. The molecule has 0 radical (unpaired) electrons. The highest BCUT2D eigenvalue weighted by Crippen LogP contribution is 2.15. The van der Waals surface area contributed by atoms with Crippen molar-refractivity contribution < 1.29 is 9.53 Å². The lowest BCUT2D eigenvalue weighted by atomic mass is 10.1. The smallest absolute Gasteiger partial charge is 0.242 e. The van der Waals surface area contributed by atoms with Crippen LogP contribution in [0.1, 0.15) is 31.7 Å². The van der Waals surface area contributed by atoms with Crippen LogP contribution in [0.25, 0.3) is 0 Å². The molecule has 1 amide bonds. The molecule has 1 aliphatic rings. The van der Waals surface area contributed by atoms with Crippen molar-refractivity contribution >= 4 is 11.6 Å². The van der Waals surface area contributed by atoms with Gasteiger partial charge in [-0.2, -0.15) is 0 Å². The van der Waals surface area contributed by atoms with Gasteiger partial charge in [0.2, 0.25) is 5.91 Å². The van der Waals surface area contributed by atoms with Gasteiger partial charge in [-0.05, 0) is 30.5 Å². The van der Waals surface area contributed by atoms with Gasteiger partial charge in [0.1, 0.15) is 6.04 Å². The van der Waals surface area contributed by atoms with Gasteiger partial charge in [-0.15, -0.1) is 0 Å². The van der Waals surface area contributed by atoms with Gasteiger partial charge < -0.3 is 10.1 Å². The number of hydrogen-bond donors (Lipinski definition) is 3. The van der Waals surface area contributed by atoms with Crippen molar-refractivity contribution in [2.45, 2.75) is 44.9 Å². The molecule has 0 aliphatic carbocycles. The Labute approximate surface area is 120 Å². The summed E-state index contributed by atoms with van der Waals surface area (Å²) in [5.41, 5.74) is 8.10. The Morgan fingerprint density at radius 3 is 3.05 bits per heavy atom. The van der Waals surface area contributed by atoms with Crippen molar-refractivity contribution in [2.24, 2.45) is 0 Å². The van der Waals surface area contributed by atoms with E-state index < -0.39 is 0 Å². The van der Waals surface area contributed by atoms with Crippen molar-refractivity contribution in [3.63, 3.8) is 0 Å². The molecule has 1 heterocycles. The zero-order valence-corrected chi connectivity index (χ0v) is 12.1. The Hall–Kier alpha value is -1.43. The van der Waals surface area contributed by atoms with Crippen LogP contribution < -0.4 is 16.2 Å². The van der Waals surface area contributed by atoms with E-state index in [9.17, 15) is 4.79 Å². The minimum absolute atomic E-state index is 0.00525. The van der Waals surface area contributed by atoms with Crippen LogP contribution in [0.2, 0.25) is 0 Å². The highest BCUT2D eigenvalue weighted by Gasteiger charge is 2.28. The Bertz CT molecular complexity index is 450. The van der Waals surface area contributed by atoms with Crippen molar-refractivity contribution in [3.8, 4) is 0 Å². The number of amides is 1. The summed E-state index contributed by atoms with van der Waals surface area (Å²) in [6, 6.07) is 7.94. The number of rotatable bonds is 6. The van der Waals surface area contributed by atoms with Crippen LogP contribution >= 0.6 is 0 Å². The van der Waals surface area contributed by atoms with Crippen LogP contribution in [0.4, 0.5) is 5.69 Å². The molecule has 1 aliphatic heterocycles. The molecule has 20 heavy (non-hydrogen) atoms. The number of ether oxygens (including phenoxy) is 1. The van der Waals surface area contributed by atoms with Crippen molar-refractivity contribution in [1.82, 2.24) is 10.9 Å². The van der Waals surface area contributed by atoms with Gasteiger partial charge in [0.15, 0.2) is 0 Å². The molecule has 1 saturated heterocycles. The summed E-state index contributed by atoms with van der Waals surface area (Å²) >= 11 is 0. The minimum atomic E-state index is -0.169. The van der Waals surface area contributed by atoms with E-state index >= 15 is 0 Å². The molecule has 1 fully saturated rings. The molecule has 2 atom stereocenters. The van der Waals surface area contributed by atoms with Crippen LogP contribution in [0, 0.1) is 0 Å². The van der Waals surface area contributed by atoms with E-state index in [1.54, 1.807) is 7.11 Å². The molecule has 0 spiro atoms. The maximum Gasteiger partial charge on any atom is 0.242 e. The first-order valence-corrected chi connectivity index (χ1v) is 7.12. The SMILES string of the molecule is CCCC1CC(C(=O)Nc2cccc(COC)c2)NN1. The van der Waals surface area contributed by atoms with Crippen LogP contribution in [0.3, 0.4) is 0 Å². The number of methoxy groups -OCH3 is 1. The zero-order valence-electron chi connectivity index (χ0n) is 12.1. The standard InChI is InChI=1S/C15H23N3O2/c1-3-5-13-9-14(18-17-13)15(19)16-12-7-4-6-11(8-12)10-20-2/h4,6-8,13-14,17-18H,3,5,9-10H2,1-2H3,(H,16,19).